The Labute approximate surface area is 120 Å². The molecule has 0 atom stereocenters. The van der Waals surface area contributed by atoms with E-state index in [9.17, 15) is 0 Å². The van der Waals surface area contributed by atoms with Crippen molar-refractivity contribution in [1.29, 1.82) is 0 Å². The van der Waals surface area contributed by atoms with Crippen LogP contribution in [0.2, 0.25) is 10.0 Å². The van der Waals surface area contributed by atoms with E-state index in [0.29, 0.717) is 10.0 Å². The van der Waals surface area contributed by atoms with Crippen LogP contribution in [0.25, 0.3) is 22.4 Å². The second kappa shape index (κ2) is 4.76. The van der Waals surface area contributed by atoms with Crippen LogP contribution in [0.3, 0.4) is 0 Å². The highest BCUT2D eigenvalue weighted by atomic mass is 35.5. The maximum absolute atomic E-state index is 6.06. The summed E-state index contributed by atoms with van der Waals surface area (Å²) in [5, 5.41) is 4.49. The molecule has 0 saturated carbocycles. The molecular weight excluding hydrogens is 281 g/mol. The number of nitrogens with one attached hydrogen (secondary N) is 2. The number of benzene rings is 2. The summed E-state index contributed by atoms with van der Waals surface area (Å²) in [6.45, 7) is 0. The van der Waals surface area contributed by atoms with Crippen molar-refractivity contribution in [2.24, 2.45) is 0 Å². The number of hydrogen-bond donors (Lipinski definition) is 2. The molecule has 1 heterocycles. The van der Waals surface area contributed by atoms with Crippen LogP contribution in [0.15, 0.2) is 36.4 Å². The molecule has 5 heteroatoms. The van der Waals surface area contributed by atoms with Crippen LogP contribution >= 0.6 is 23.2 Å². The number of imidazole rings is 1. The van der Waals surface area contributed by atoms with Gasteiger partial charge in [-0.05, 0) is 36.4 Å². The Morgan fingerprint density at radius 1 is 1.05 bits per heavy atom. The molecule has 0 bridgehead atoms. The van der Waals surface area contributed by atoms with Crippen LogP contribution in [0.5, 0.6) is 0 Å². The van der Waals surface area contributed by atoms with Crippen LogP contribution in [-0.4, -0.2) is 17.0 Å². The van der Waals surface area contributed by atoms with Crippen molar-refractivity contribution in [2.75, 3.05) is 12.4 Å². The zero-order chi connectivity index (χ0) is 13.4. The summed E-state index contributed by atoms with van der Waals surface area (Å²) in [5.41, 5.74) is 3.68. The number of H-pyrrole nitrogens is 1. The van der Waals surface area contributed by atoms with Crippen molar-refractivity contribution in [3.63, 3.8) is 0 Å². The Bertz CT molecular complexity index is 750. The largest absolute Gasteiger partial charge is 0.388 e. The molecule has 19 heavy (non-hydrogen) atoms. The van der Waals surface area contributed by atoms with E-state index in [0.717, 1.165) is 28.1 Å². The number of rotatable bonds is 2. The van der Waals surface area contributed by atoms with Gasteiger partial charge in [-0.15, -0.1) is 0 Å². The van der Waals surface area contributed by atoms with Gasteiger partial charge in [0.1, 0.15) is 5.82 Å². The molecule has 0 aliphatic carbocycles. The first kappa shape index (κ1) is 12.3. The molecule has 3 rings (SSSR count). The van der Waals surface area contributed by atoms with E-state index in [-0.39, 0.29) is 0 Å². The maximum Gasteiger partial charge on any atom is 0.140 e. The van der Waals surface area contributed by atoms with Gasteiger partial charge < -0.3 is 10.3 Å². The first-order valence-electron chi connectivity index (χ1n) is 5.80. The second-order valence-corrected chi connectivity index (χ2v) is 5.06. The molecule has 0 radical (unpaired) electrons. The van der Waals surface area contributed by atoms with Crippen LogP contribution in [0.4, 0.5) is 5.69 Å². The normalized spacial score (nSPS) is 10.9. The van der Waals surface area contributed by atoms with Crippen LogP contribution in [0.1, 0.15) is 0 Å². The van der Waals surface area contributed by atoms with E-state index in [1.165, 1.54) is 0 Å². The SMILES string of the molecule is CNc1ccc(Cl)cc1-c1nc2ccc(Cl)cc2[nH]1. The number of anilines is 1. The van der Waals surface area contributed by atoms with Crippen molar-refractivity contribution >= 4 is 39.9 Å². The maximum atomic E-state index is 6.06. The van der Waals surface area contributed by atoms with E-state index in [2.05, 4.69) is 15.3 Å². The lowest BCUT2D eigenvalue weighted by molar-refractivity contribution is 1.33. The molecule has 0 aliphatic heterocycles. The topological polar surface area (TPSA) is 40.7 Å². The predicted octanol–water partition coefficient (Wildman–Crippen LogP) is 4.58. The molecule has 0 fully saturated rings. The summed E-state index contributed by atoms with van der Waals surface area (Å²) in [6, 6.07) is 11.2. The summed E-state index contributed by atoms with van der Waals surface area (Å²) in [4.78, 5) is 7.82. The lowest BCUT2D eigenvalue weighted by Gasteiger charge is -2.06. The van der Waals surface area contributed by atoms with Crippen molar-refractivity contribution < 1.29 is 0 Å². The molecule has 0 unspecified atom stereocenters. The first-order chi connectivity index (χ1) is 9.17. The van der Waals surface area contributed by atoms with Gasteiger partial charge in [0, 0.05) is 28.3 Å². The van der Waals surface area contributed by atoms with E-state index >= 15 is 0 Å². The molecule has 1 aromatic heterocycles. The number of nitrogens with zero attached hydrogens (tertiary/aromatic N) is 1. The number of halogens is 2. The fourth-order valence-corrected chi connectivity index (χ4v) is 2.38. The fraction of sp³-hybridized carbons (Fsp3) is 0.0714. The average molecular weight is 292 g/mol. The Morgan fingerprint density at radius 2 is 1.79 bits per heavy atom. The van der Waals surface area contributed by atoms with Gasteiger partial charge in [-0.1, -0.05) is 23.2 Å². The minimum absolute atomic E-state index is 0.674. The van der Waals surface area contributed by atoms with Gasteiger partial charge >= 0.3 is 0 Å². The molecule has 2 N–H and O–H groups in total. The Balaban J connectivity index is 2.21. The van der Waals surface area contributed by atoms with Crippen LogP contribution in [0, 0.1) is 0 Å². The highest BCUT2D eigenvalue weighted by Gasteiger charge is 2.10. The van der Waals surface area contributed by atoms with Crippen LogP contribution < -0.4 is 5.32 Å². The lowest BCUT2D eigenvalue weighted by atomic mass is 10.1. The second-order valence-electron chi connectivity index (χ2n) is 4.19. The van der Waals surface area contributed by atoms with Crippen molar-refractivity contribution in [3.05, 3.63) is 46.4 Å². The lowest BCUT2D eigenvalue weighted by Crippen LogP contribution is -1.92. The highest BCUT2D eigenvalue weighted by Crippen LogP contribution is 2.30. The van der Waals surface area contributed by atoms with Crippen molar-refractivity contribution in [2.45, 2.75) is 0 Å². The molecule has 0 amide bonds. The van der Waals surface area contributed by atoms with Gasteiger partial charge in [0.15, 0.2) is 0 Å². The monoisotopic (exact) mass is 291 g/mol. The molecule has 3 aromatic rings. The predicted molar refractivity (Wildman–Crippen MR) is 81.1 cm³/mol. The van der Waals surface area contributed by atoms with E-state index in [4.69, 9.17) is 23.2 Å². The minimum Gasteiger partial charge on any atom is -0.388 e. The van der Waals surface area contributed by atoms with E-state index in [1.54, 1.807) is 0 Å². The molecule has 2 aromatic carbocycles. The Kier molecular flexibility index (Phi) is 3.09. The number of hydrogen-bond acceptors (Lipinski definition) is 2. The quantitative estimate of drug-likeness (QED) is 0.726. The Hall–Kier alpha value is -1.71. The zero-order valence-electron chi connectivity index (χ0n) is 10.2. The van der Waals surface area contributed by atoms with Crippen molar-refractivity contribution in [3.8, 4) is 11.4 Å². The van der Waals surface area contributed by atoms with Gasteiger partial charge in [0.2, 0.25) is 0 Å². The number of aromatic nitrogens is 2. The molecule has 96 valence electrons. The fourth-order valence-electron chi connectivity index (χ4n) is 2.04. The minimum atomic E-state index is 0.674. The molecule has 0 aliphatic rings. The summed E-state index contributed by atoms with van der Waals surface area (Å²) in [7, 11) is 1.87. The van der Waals surface area contributed by atoms with Gasteiger partial charge in [0.25, 0.3) is 0 Å². The summed E-state index contributed by atoms with van der Waals surface area (Å²) in [6.07, 6.45) is 0. The third-order valence-electron chi connectivity index (χ3n) is 2.95. The molecular formula is C14H11Cl2N3. The van der Waals surface area contributed by atoms with E-state index in [1.807, 2.05) is 43.4 Å². The zero-order valence-corrected chi connectivity index (χ0v) is 11.7. The first-order valence-corrected chi connectivity index (χ1v) is 6.56. The third-order valence-corrected chi connectivity index (χ3v) is 3.42. The smallest absolute Gasteiger partial charge is 0.140 e. The third kappa shape index (κ3) is 2.27. The molecule has 0 saturated heterocycles. The number of fused-ring (bicyclic) bond motifs is 1. The highest BCUT2D eigenvalue weighted by molar-refractivity contribution is 6.31. The summed E-state index contributed by atoms with van der Waals surface area (Å²) < 4.78 is 0. The standard InChI is InChI=1S/C14H11Cl2N3/c1-17-11-4-2-8(15)6-10(11)14-18-12-5-3-9(16)7-13(12)19-14/h2-7,17H,1H3,(H,18,19). The van der Waals surface area contributed by atoms with Gasteiger partial charge in [-0.25, -0.2) is 4.98 Å². The van der Waals surface area contributed by atoms with Gasteiger partial charge in [0.05, 0.1) is 11.0 Å². The average Bonchev–Trinajstić information content (AvgIpc) is 2.81. The van der Waals surface area contributed by atoms with E-state index < -0.39 is 0 Å². The molecule has 3 nitrogen and oxygen atoms in total. The summed E-state index contributed by atoms with van der Waals surface area (Å²) >= 11 is 12.0. The molecule has 0 spiro atoms. The summed E-state index contributed by atoms with van der Waals surface area (Å²) in [5.74, 6) is 0.768. The van der Waals surface area contributed by atoms with Crippen LogP contribution in [-0.2, 0) is 0 Å². The number of aromatic amines is 1. The van der Waals surface area contributed by atoms with Gasteiger partial charge in [-0.2, -0.15) is 0 Å². The van der Waals surface area contributed by atoms with Gasteiger partial charge in [-0.3, -0.25) is 0 Å². The Morgan fingerprint density at radius 3 is 2.58 bits per heavy atom. The van der Waals surface area contributed by atoms with Crippen molar-refractivity contribution in [1.82, 2.24) is 9.97 Å².